The Labute approximate surface area is 305 Å². The van der Waals surface area contributed by atoms with Crippen LogP contribution in [-0.4, -0.2) is 0 Å². The summed E-state index contributed by atoms with van der Waals surface area (Å²) in [5, 5.41) is 7.72. The van der Waals surface area contributed by atoms with Crippen LogP contribution in [0.15, 0.2) is 188 Å². The van der Waals surface area contributed by atoms with E-state index in [-0.39, 0.29) is 5.41 Å². The van der Waals surface area contributed by atoms with Crippen LogP contribution >= 0.6 is 0 Å². The Kier molecular flexibility index (Phi) is 6.91. The molecule has 0 spiro atoms. The Hall–Kier alpha value is -6.44. The highest BCUT2D eigenvalue weighted by Gasteiger charge is 2.37. The van der Waals surface area contributed by atoms with Gasteiger partial charge in [0.25, 0.3) is 0 Å². The average molecular weight is 664 g/mol. The normalized spacial score (nSPS) is 13.0. The van der Waals surface area contributed by atoms with Gasteiger partial charge in [-0.15, -0.1) is 0 Å². The van der Waals surface area contributed by atoms with Gasteiger partial charge in [-0.05, 0) is 108 Å². The van der Waals surface area contributed by atoms with Crippen molar-refractivity contribution in [1.82, 2.24) is 0 Å². The summed E-state index contributed by atoms with van der Waals surface area (Å²) in [6.45, 7) is 4.70. The molecule has 0 unspecified atom stereocenters. The van der Waals surface area contributed by atoms with Gasteiger partial charge in [0.15, 0.2) is 0 Å². The van der Waals surface area contributed by atoms with Crippen molar-refractivity contribution >= 4 is 49.4 Å². The number of benzene rings is 9. The molecule has 0 saturated carbocycles. The van der Waals surface area contributed by atoms with E-state index in [0.29, 0.717) is 0 Å². The Morgan fingerprint density at radius 2 is 0.962 bits per heavy atom. The predicted molar refractivity (Wildman–Crippen MR) is 222 cm³/mol. The van der Waals surface area contributed by atoms with Crippen LogP contribution in [-0.2, 0) is 5.41 Å². The number of fused-ring (bicyclic) bond motifs is 8. The highest BCUT2D eigenvalue weighted by atomic mass is 15.1. The van der Waals surface area contributed by atoms with E-state index in [0.717, 1.165) is 11.4 Å². The minimum Gasteiger partial charge on any atom is -0.310 e. The number of nitrogens with zero attached hydrogens (tertiary/aromatic N) is 1. The summed E-state index contributed by atoms with van der Waals surface area (Å²) >= 11 is 0. The first-order valence-electron chi connectivity index (χ1n) is 18.2. The molecule has 0 aromatic heterocycles. The van der Waals surface area contributed by atoms with Gasteiger partial charge in [0, 0.05) is 22.4 Å². The van der Waals surface area contributed by atoms with E-state index in [4.69, 9.17) is 0 Å². The van der Waals surface area contributed by atoms with E-state index in [2.05, 4.69) is 207 Å². The van der Waals surface area contributed by atoms with Crippen molar-refractivity contribution in [2.75, 3.05) is 4.90 Å². The minimum atomic E-state index is -0.0855. The van der Waals surface area contributed by atoms with Crippen molar-refractivity contribution < 1.29 is 0 Å². The SMILES string of the molecule is CC1(C)c2ccccc2-c2c(N(c3ccc(-c4ccc5c(ccc6c7ccccc7ccc56)c4)cc3)c3cccc(-c4ccccc4)c3)cccc21. The fraction of sp³-hybridized carbons (Fsp3) is 0.0588. The molecular weight excluding hydrogens is 627 g/mol. The molecule has 1 aliphatic rings. The lowest BCUT2D eigenvalue weighted by molar-refractivity contribution is 0.660. The van der Waals surface area contributed by atoms with Gasteiger partial charge in [0.05, 0.1) is 5.69 Å². The summed E-state index contributed by atoms with van der Waals surface area (Å²) in [6.07, 6.45) is 0. The Morgan fingerprint density at radius 1 is 0.365 bits per heavy atom. The molecule has 0 N–H and O–H groups in total. The van der Waals surface area contributed by atoms with E-state index < -0.39 is 0 Å². The molecule has 246 valence electrons. The van der Waals surface area contributed by atoms with Crippen LogP contribution in [0.2, 0.25) is 0 Å². The maximum absolute atomic E-state index is 2.45. The van der Waals surface area contributed by atoms with E-state index in [1.165, 1.54) is 82.5 Å². The third-order valence-corrected chi connectivity index (χ3v) is 11.2. The Bertz CT molecular complexity index is 2810. The Morgan fingerprint density at radius 3 is 1.81 bits per heavy atom. The minimum absolute atomic E-state index is 0.0855. The molecule has 1 aliphatic carbocycles. The number of anilines is 3. The lowest BCUT2D eigenvalue weighted by atomic mass is 9.82. The largest absolute Gasteiger partial charge is 0.310 e. The second kappa shape index (κ2) is 11.8. The highest BCUT2D eigenvalue weighted by Crippen LogP contribution is 2.54. The molecule has 0 amide bonds. The van der Waals surface area contributed by atoms with Crippen molar-refractivity contribution in [2.24, 2.45) is 0 Å². The van der Waals surface area contributed by atoms with E-state index in [1.807, 2.05) is 0 Å². The summed E-state index contributed by atoms with van der Waals surface area (Å²) in [5.41, 5.74) is 13.6. The number of hydrogen-bond acceptors (Lipinski definition) is 1. The van der Waals surface area contributed by atoms with Gasteiger partial charge in [-0.25, -0.2) is 0 Å². The van der Waals surface area contributed by atoms with E-state index in [9.17, 15) is 0 Å². The molecule has 0 aliphatic heterocycles. The summed E-state index contributed by atoms with van der Waals surface area (Å²) in [7, 11) is 0. The zero-order valence-corrected chi connectivity index (χ0v) is 29.3. The predicted octanol–water partition coefficient (Wildman–Crippen LogP) is 14.3. The molecule has 0 heterocycles. The first-order valence-corrected chi connectivity index (χ1v) is 18.2. The first kappa shape index (κ1) is 30.4. The fourth-order valence-corrected chi connectivity index (χ4v) is 8.62. The number of hydrogen-bond donors (Lipinski definition) is 0. The topological polar surface area (TPSA) is 3.24 Å². The summed E-state index contributed by atoms with van der Waals surface area (Å²) in [6, 6.07) is 69.1. The molecule has 1 heteroatoms. The van der Waals surface area contributed by atoms with Crippen molar-refractivity contribution in [3.05, 3.63) is 199 Å². The summed E-state index contributed by atoms with van der Waals surface area (Å²) < 4.78 is 0. The van der Waals surface area contributed by atoms with Gasteiger partial charge >= 0.3 is 0 Å². The third-order valence-electron chi connectivity index (χ3n) is 11.2. The van der Waals surface area contributed by atoms with Crippen LogP contribution < -0.4 is 4.90 Å². The second-order valence-corrected chi connectivity index (χ2v) is 14.6. The van der Waals surface area contributed by atoms with Crippen LogP contribution in [0.5, 0.6) is 0 Å². The molecule has 0 atom stereocenters. The molecule has 9 aromatic carbocycles. The third kappa shape index (κ3) is 4.77. The smallest absolute Gasteiger partial charge is 0.0543 e. The maximum atomic E-state index is 2.45. The van der Waals surface area contributed by atoms with E-state index >= 15 is 0 Å². The standard InChI is InChI=1S/C51H37N/c1-51(2)47-19-9-8-18-46(47)50-48(51)20-11-21-49(50)52(41-16-10-15-37(33-41)34-12-4-3-5-13-34)40-27-22-35(23-28-40)38-25-29-43-39(32-38)26-31-44-42-17-7-6-14-36(42)24-30-45(43)44/h3-33H,1-2H3. The maximum Gasteiger partial charge on any atom is 0.0543 e. The van der Waals surface area contributed by atoms with Gasteiger partial charge in [-0.3, -0.25) is 0 Å². The van der Waals surface area contributed by atoms with Crippen molar-refractivity contribution in [3.63, 3.8) is 0 Å². The van der Waals surface area contributed by atoms with Gasteiger partial charge in [-0.2, -0.15) is 0 Å². The second-order valence-electron chi connectivity index (χ2n) is 14.6. The van der Waals surface area contributed by atoms with Crippen LogP contribution in [0.4, 0.5) is 17.1 Å². The number of rotatable bonds is 5. The molecule has 9 aromatic rings. The molecule has 0 saturated heterocycles. The van der Waals surface area contributed by atoms with Gasteiger partial charge in [-0.1, -0.05) is 166 Å². The zero-order chi connectivity index (χ0) is 34.8. The van der Waals surface area contributed by atoms with Gasteiger partial charge in [0.2, 0.25) is 0 Å². The molecule has 52 heavy (non-hydrogen) atoms. The van der Waals surface area contributed by atoms with Crippen molar-refractivity contribution in [2.45, 2.75) is 19.3 Å². The van der Waals surface area contributed by atoms with Crippen LogP contribution in [0, 0.1) is 0 Å². The monoisotopic (exact) mass is 663 g/mol. The lowest BCUT2D eigenvalue weighted by Gasteiger charge is -2.29. The zero-order valence-electron chi connectivity index (χ0n) is 29.3. The summed E-state index contributed by atoms with van der Waals surface area (Å²) in [4.78, 5) is 2.45. The van der Waals surface area contributed by atoms with Crippen LogP contribution in [0.3, 0.4) is 0 Å². The van der Waals surface area contributed by atoms with Crippen LogP contribution in [0.1, 0.15) is 25.0 Å². The van der Waals surface area contributed by atoms with Crippen molar-refractivity contribution in [3.8, 4) is 33.4 Å². The summed E-state index contributed by atoms with van der Waals surface area (Å²) in [5.74, 6) is 0. The molecule has 10 rings (SSSR count). The van der Waals surface area contributed by atoms with Gasteiger partial charge in [0.1, 0.15) is 0 Å². The van der Waals surface area contributed by atoms with Crippen molar-refractivity contribution in [1.29, 1.82) is 0 Å². The molecule has 0 radical (unpaired) electrons. The average Bonchev–Trinajstić information content (AvgIpc) is 3.44. The lowest BCUT2D eigenvalue weighted by Crippen LogP contribution is -2.16. The highest BCUT2D eigenvalue weighted by molar-refractivity contribution is 6.17. The Balaban J connectivity index is 1.10. The molecule has 1 nitrogen and oxygen atoms in total. The molecular formula is C51H37N. The van der Waals surface area contributed by atoms with E-state index in [1.54, 1.807) is 0 Å². The first-order chi connectivity index (χ1) is 25.5. The van der Waals surface area contributed by atoms with Gasteiger partial charge < -0.3 is 4.90 Å². The molecule has 0 bridgehead atoms. The fourth-order valence-electron chi connectivity index (χ4n) is 8.62. The van der Waals surface area contributed by atoms with Crippen LogP contribution in [0.25, 0.3) is 65.7 Å². The molecule has 0 fully saturated rings. The quantitative estimate of drug-likeness (QED) is 0.166.